The highest BCUT2D eigenvalue weighted by Crippen LogP contribution is 2.17. The normalized spacial score (nSPS) is 11.8. The van der Waals surface area contributed by atoms with Gasteiger partial charge in [-0.2, -0.15) is 0 Å². The molecule has 0 aliphatic heterocycles. The standard InChI is InChI=1S/C16H20N4O/c1-4-17-15-10-18-14(9-19-15)16(21)20-12(3)13-8-6-5-7-11(13)2/h5-10,12H,4H2,1-3H3,(H,17,19)(H,20,21). The van der Waals surface area contributed by atoms with Crippen LogP contribution in [0.1, 0.15) is 41.5 Å². The van der Waals surface area contributed by atoms with Gasteiger partial charge in [0.1, 0.15) is 11.5 Å². The number of aryl methyl sites for hydroxylation is 1. The maximum atomic E-state index is 12.2. The summed E-state index contributed by atoms with van der Waals surface area (Å²) in [4.78, 5) is 20.5. The number of carbonyl (C=O) groups is 1. The van der Waals surface area contributed by atoms with Crippen molar-refractivity contribution in [3.05, 3.63) is 53.5 Å². The Morgan fingerprint density at radius 2 is 2.00 bits per heavy atom. The number of aromatic nitrogens is 2. The third-order valence-electron chi connectivity index (χ3n) is 3.24. The van der Waals surface area contributed by atoms with E-state index in [2.05, 4.69) is 20.6 Å². The first kappa shape index (κ1) is 15.0. The van der Waals surface area contributed by atoms with E-state index in [1.807, 2.05) is 45.0 Å². The van der Waals surface area contributed by atoms with E-state index in [0.29, 0.717) is 11.5 Å². The van der Waals surface area contributed by atoms with Gasteiger partial charge in [-0.15, -0.1) is 0 Å². The van der Waals surface area contributed by atoms with E-state index in [-0.39, 0.29) is 11.9 Å². The number of hydrogen-bond donors (Lipinski definition) is 2. The molecule has 5 nitrogen and oxygen atoms in total. The van der Waals surface area contributed by atoms with Gasteiger partial charge in [0.05, 0.1) is 18.4 Å². The van der Waals surface area contributed by atoms with E-state index >= 15 is 0 Å². The molecule has 0 aliphatic carbocycles. The Bertz CT molecular complexity index is 610. The Kier molecular flexibility index (Phi) is 4.87. The zero-order valence-electron chi connectivity index (χ0n) is 12.6. The van der Waals surface area contributed by atoms with E-state index in [9.17, 15) is 4.79 Å². The lowest BCUT2D eigenvalue weighted by Gasteiger charge is -2.16. The fourth-order valence-electron chi connectivity index (χ4n) is 2.14. The summed E-state index contributed by atoms with van der Waals surface area (Å²) in [5.74, 6) is 0.447. The first-order chi connectivity index (χ1) is 10.1. The van der Waals surface area contributed by atoms with Gasteiger partial charge in [-0.3, -0.25) is 4.79 Å². The molecule has 1 aromatic carbocycles. The molecule has 2 aromatic rings. The first-order valence-electron chi connectivity index (χ1n) is 7.04. The molecule has 0 radical (unpaired) electrons. The number of rotatable bonds is 5. The van der Waals surface area contributed by atoms with Gasteiger partial charge in [0.25, 0.3) is 5.91 Å². The summed E-state index contributed by atoms with van der Waals surface area (Å²) in [7, 11) is 0. The minimum absolute atomic E-state index is 0.0751. The second kappa shape index (κ2) is 6.83. The van der Waals surface area contributed by atoms with Crippen LogP contribution in [-0.2, 0) is 0 Å². The van der Waals surface area contributed by atoms with Gasteiger partial charge in [-0.25, -0.2) is 9.97 Å². The highest BCUT2D eigenvalue weighted by molar-refractivity contribution is 5.92. The lowest BCUT2D eigenvalue weighted by atomic mass is 10.0. The molecule has 110 valence electrons. The molecule has 0 aliphatic rings. The highest BCUT2D eigenvalue weighted by Gasteiger charge is 2.14. The van der Waals surface area contributed by atoms with Gasteiger partial charge in [-0.1, -0.05) is 24.3 Å². The molecule has 1 amide bonds. The van der Waals surface area contributed by atoms with Crippen molar-refractivity contribution in [1.29, 1.82) is 0 Å². The zero-order valence-corrected chi connectivity index (χ0v) is 12.6. The van der Waals surface area contributed by atoms with E-state index < -0.39 is 0 Å². The lowest BCUT2D eigenvalue weighted by molar-refractivity contribution is 0.0934. The number of amides is 1. The van der Waals surface area contributed by atoms with Crippen LogP contribution in [0.5, 0.6) is 0 Å². The number of anilines is 1. The summed E-state index contributed by atoms with van der Waals surface area (Å²) in [6.45, 7) is 6.74. The predicted octanol–water partition coefficient (Wildman–Crippen LogP) is 2.71. The van der Waals surface area contributed by atoms with Crippen molar-refractivity contribution >= 4 is 11.7 Å². The second-order valence-electron chi connectivity index (χ2n) is 4.87. The predicted molar refractivity (Wildman–Crippen MR) is 83.3 cm³/mol. The molecule has 0 bridgehead atoms. The quantitative estimate of drug-likeness (QED) is 0.886. The Balaban J connectivity index is 2.05. The third-order valence-corrected chi connectivity index (χ3v) is 3.24. The van der Waals surface area contributed by atoms with Gasteiger partial charge < -0.3 is 10.6 Å². The van der Waals surface area contributed by atoms with Crippen LogP contribution in [0, 0.1) is 6.92 Å². The summed E-state index contributed by atoms with van der Waals surface area (Å²) in [5, 5.41) is 5.99. The molecule has 2 N–H and O–H groups in total. The summed E-state index contributed by atoms with van der Waals surface area (Å²) in [5.41, 5.74) is 2.57. The largest absolute Gasteiger partial charge is 0.369 e. The van der Waals surface area contributed by atoms with Crippen molar-refractivity contribution < 1.29 is 4.79 Å². The SMILES string of the molecule is CCNc1cnc(C(=O)NC(C)c2ccccc2C)cn1. The number of hydrogen-bond acceptors (Lipinski definition) is 4. The van der Waals surface area contributed by atoms with Crippen LogP contribution < -0.4 is 10.6 Å². The highest BCUT2D eigenvalue weighted by atomic mass is 16.1. The summed E-state index contributed by atoms with van der Waals surface area (Å²) in [6, 6.07) is 7.92. The average molecular weight is 284 g/mol. The van der Waals surface area contributed by atoms with Gasteiger partial charge in [-0.05, 0) is 31.9 Å². The number of nitrogens with zero attached hydrogens (tertiary/aromatic N) is 2. The maximum absolute atomic E-state index is 12.2. The summed E-state index contributed by atoms with van der Waals surface area (Å²) >= 11 is 0. The van der Waals surface area contributed by atoms with Crippen LogP contribution in [0.2, 0.25) is 0 Å². The fraction of sp³-hybridized carbons (Fsp3) is 0.312. The third kappa shape index (κ3) is 3.78. The molecule has 5 heteroatoms. The van der Waals surface area contributed by atoms with E-state index in [1.54, 1.807) is 6.20 Å². The Hall–Kier alpha value is -2.43. The second-order valence-corrected chi connectivity index (χ2v) is 4.87. The van der Waals surface area contributed by atoms with Gasteiger partial charge in [0.15, 0.2) is 0 Å². The van der Waals surface area contributed by atoms with Gasteiger partial charge in [0, 0.05) is 6.54 Å². The van der Waals surface area contributed by atoms with Crippen molar-refractivity contribution in [3.63, 3.8) is 0 Å². The topological polar surface area (TPSA) is 66.9 Å². The fourth-order valence-corrected chi connectivity index (χ4v) is 2.14. The number of nitrogens with one attached hydrogen (secondary N) is 2. The van der Waals surface area contributed by atoms with Crippen molar-refractivity contribution in [2.75, 3.05) is 11.9 Å². The van der Waals surface area contributed by atoms with E-state index in [0.717, 1.165) is 17.7 Å². The van der Waals surface area contributed by atoms with Crippen molar-refractivity contribution in [3.8, 4) is 0 Å². The molecule has 0 fully saturated rings. The minimum Gasteiger partial charge on any atom is -0.369 e. The average Bonchev–Trinajstić information content (AvgIpc) is 2.48. The van der Waals surface area contributed by atoms with Crippen molar-refractivity contribution in [1.82, 2.24) is 15.3 Å². The van der Waals surface area contributed by atoms with Crippen LogP contribution in [0.4, 0.5) is 5.82 Å². The molecular weight excluding hydrogens is 264 g/mol. The monoisotopic (exact) mass is 284 g/mol. The Morgan fingerprint density at radius 3 is 2.62 bits per heavy atom. The molecule has 0 saturated heterocycles. The maximum Gasteiger partial charge on any atom is 0.271 e. The van der Waals surface area contributed by atoms with Crippen LogP contribution in [0.15, 0.2) is 36.7 Å². The van der Waals surface area contributed by atoms with E-state index in [4.69, 9.17) is 0 Å². The van der Waals surface area contributed by atoms with Gasteiger partial charge in [0.2, 0.25) is 0 Å². The van der Waals surface area contributed by atoms with Crippen LogP contribution in [-0.4, -0.2) is 22.4 Å². The van der Waals surface area contributed by atoms with E-state index in [1.165, 1.54) is 6.20 Å². The Morgan fingerprint density at radius 1 is 1.24 bits per heavy atom. The smallest absolute Gasteiger partial charge is 0.271 e. The molecule has 0 saturated carbocycles. The first-order valence-corrected chi connectivity index (χ1v) is 7.04. The van der Waals surface area contributed by atoms with Gasteiger partial charge >= 0.3 is 0 Å². The lowest BCUT2D eigenvalue weighted by Crippen LogP contribution is -2.28. The van der Waals surface area contributed by atoms with Crippen molar-refractivity contribution in [2.45, 2.75) is 26.8 Å². The van der Waals surface area contributed by atoms with Crippen LogP contribution >= 0.6 is 0 Å². The van der Waals surface area contributed by atoms with Crippen LogP contribution in [0.25, 0.3) is 0 Å². The van der Waals surface area contributed by atoms with Crippen molar-refractivity contribution in [2.24, 2.45) is 0 Å². The summed E-state index contributed by atoms with van der Waals surface area (Å²) < 4.78 is 0. The zero-order chi connectivity index (χ0) is 15.2. The molecule has 1 heterocycles. The molecule has 1 atom stereocenters. The Labute approximate surface area is 124 Å². The number of carbonyl (C=O) groups excluding carboxylic acids is 1. The molecule has 21 heavy (non-hydrogen) atoms. The molecule has 0 spiro atoms. The summed E-state index contributed by atoms with van der Waals surface area (Å²) in [6.07, 6.45) is 3.05. The molecular formula is C16H20N4O. The molecule has 1 aromatic heterocycles. The van der Waals surface area contributed by atoms with Crippen LogP contribution in [0.3, 0.4) is 0 Å². The number of benzene rings is 1. The molecule has 1 unspecified atom stereocenters. The molecule has 2 rings (SSSR count). The minimum atomic E-state index is -0.221.